The summed E-state index contributed by atoms with van der Waals surface area (Å²) in [6, 6.07) is 20.6. The predicted molar refractivity (Wildman–Crippen MR) is 82.0 cm³/mol. The maximum Gasteiger partial charge on any atom is 0.0797 e. The van der Waals surface area contributed by atoms with Gasteiger partial charge >= 0.3 is 0 Å². The third kappa shape index (κ3) is 4.30. The van der Waals surface area contributed by atoms with Gasteiger partial charge < -0.3 is 5.32 Å². The Labute approximate surface area is 114 Å². The first kappa shape index (κ1) is 12.8. The molecular formula is C16H17NS. The molecule has 0 heterocycles. The zero-order chi connectivity index (χ0) is 12.6. The number of rotatable bonds is 5. The molecule has 1 nitrogen and oxygen atoms in total. The van der Waals surface area contributed by atoms with Crippen LogP contribution in [0.1, 0.15) is 18.4 Å². The maximum absolute atomic E-state index is 5.34. The number of hydrogen-bond acceptors (Lipinski definition) is 1. The summed E-state index contributed by atoms with van der Waals surface area (Å²) in [5.74, 6) is 0. The molecule has 2 rings (SSSR count). The van der Waals surface area contributed by atoms with Crippen molar-refractivity contribution in [3.63, 3.8) is 0 Å². The van der Waals surface area contributed by atoms with Gasteiger partial charge in [0.05, 0.1) is 4.99 Å². The van der Waals surface area contributed by atoms with Gasteiger partial charge in [-0.05, 0) is 37.0 Å². The lowest BCUT2D eigenvalue weighted by Gasteiger charge is -2.07. The van der Waals surface area contributed by atoms with Crippen LogP contribution in [0.2, 0.25) is 0 Å². The molecule has 0 radical (unpaired) electrons. The van der Waals surface area contributed by atoms with Gasteiger partial charge in [-0.1, -0.05) is 60.7 Å². The van der Waals surface area contributed by atoms with Gasteiger partial charge in [0.1, 0.15) is 0 Å². The monoisotopic (exact) mass is 255 g/mol. The summed E-state index contributed by atoms with van der Waals surface area (Å²) >= 11 is 5.34. The highest BCUT2D eigenvalue weighted by atomic mass is 32.1. The predicted octanol–water partition coefficient (Wildman–Crippen LogP) is 4.45. The highest BCUT2D eigenvalue weighted by molar-refractivity contribution is 7.80. The van der Waals surface area contributed by atoms with Crippen LogP contribution >= 0.6 is 12.2 Å². The molecule has 0 saturated heterocycles. The Kier molecular flexibility index (Phi) is 4.91. The van der Waals surface area contributed by atoms with E-state index in [9.17, 15) is 0 Å². The number of aryl methyl sites for hydroxylation is 1. The van der Waals surface area contributed by atoms with Gasteiger partial charge in [0.15, 0.2) is 0 Å². The highest BCUT2D eigenvalue weighted by Crippen LogP contribution is 2.09. The second-order valence-electron chi connectivity index (χ2n) is 4.25. The van der Waals surface area contributed by atoms with Crippen molar-refractivity contribution in [3.8, 4) is 0 Å². The molecular weight excluding hydrogens is 238 g/mol. The molecule has 2 aromatic carbocycles. The van der Waals surface area contributed by atoms with E-state index in [0.717, 1.165) is 29.9 Å². The van der Waals surface area contributed by atoms with Crippen molar-refractivity contribution in [2.75, 3.05) is 5.32 Å². The minimum absolute atomic E-state index is 0.914. The highest BCUT2D eigenvalue weighted by Gasteiger charge is 1.98. The lowest BCUT2D eigenvalue weighted by Crippen LogP contribution is -2.08. The molecule has 18 heavy (non-hydrogen) atoms. The zero-order valence-corrected chi connectivity index (χ0v) is 11.1. The number of hydrogen-bond donors (Lipinski definition) is 1. The molecule has 2 aromatic rings. The Hall–Kier alpha value is -1.67. The lowest BCUT2D eigenvalue weighted by molar-refractivity contribution is 0.870. The molecule has 0 aliphatic carbocycles. The van der Waals surface area contributed by atoms with Gasteiger partial charge in [0.2, 0.25) is 0 Å². The number of benzene rings is 2. The van der Waals surface area contributed by atoms with Crippen molar-refractivity contribution in [3.05, 3.63) is 66.2 Å². The van der Waals surface area contributed by atoms with Crippen LogP contribution in [0.5, 0.6) is 0 Å². The van der Waals surface area contributed by atoms with E-state index < -0.39 is 0 Å². The Morgan fingerprint density at radius 3 is 2.17 bits per heavy atom. The summed E-state index contributed by atoms with van der Waals surface area (Å²) in [4.78, 5) is 0.914. The molecule has 1 N–H and O–H groups in total. The second-order valence-corrected chi connectivity index (χ2v) is 4.75. The Morgan fingerprint density at radius 1 is 0.889 bits per heavy atom. The van der Waals surface area contributed by atoms with Gasteiger partial charge in [-0.3, -0.25) is 0 Å². The van der Waals surface area contributed by atoms with Crippen LogP contribution in [0.4, 0.5) is 5.69 Å². The van der Waals surface area contributed by atoms with Crippen LogP contribution in [0.3, 0.4) is 0 Å². The van der Waals surface area contributed by atoms with Crippen molar-refractivity contribution in [2.24, 2.45) is 0 Å². The van der Waals surface area contributed by atoms with E-state index >= 15 is 0 Å². The van der Waals surface area contributed by atoms with Crippen molar-refractivity contribution < 1.29 is 0 Å². The Balaban J connectivity index is 1.73. The number of thiocarbonyl (C=S) groups is 1. The van der Waals surface area contributed by atoms with E-state index in [4.69, 9.17) is 12.2 Å². The fourth-order valence-corrected chi connectivity index (χ4v) is 2.10. The van der Waals surface area contributed by atoms with Crippen molar-refractivity contribution in [1.29, 1.82) is 0 Å². The summed E-state index contributed by atoms with van der Waals surface area (Å²) in [6.07, 6.45) is 3.10. The normalized spacial score (nSPS) is 10.0. The fourth-order valence-electron chi connectivity index (χ4n) is 1.84. The first-order chi connectivity index (χ1) is 8.84. The van der Waals surface area contributed by atoms with Crippen LogP contribution in [0.25, 0.3) is 0 Å². The van der Waals surface area contributed by atoms with E-state index in [1.54, 1.807) is 0 Å². The first-order valence-corrected chi connectivity index (χ1v) is 6.64. The molecule has 0 atom stereocenters. The fraction of sp³-hybridized carbons (Fsp3) is 0.188. The standard InChI is InChI=1S/C16H17NS/c18-16(17-15-11-5-2-6-12-15)13-7-10-14-8-3-1-4-9-14/h1-6,8-9,11-12H,7,10,13H2,(H,17,18). The molecule has 0 spiro atoms. The van der Waals surface area contributed by atoms with E-state index in [2.05, 4.69) is 29.6 Å². The third-order valence-electron chi connectivity index (χ3n) is 2.77. The molecule has 0 aliphatic rings. The minimum Gasteiger partial charge on any atom is -0.350 e. The molecule has 92 valence electrons. The zero-order valence-electron chi connectivity index (χ0n) is 10.3. The summed E-state index contributed by atoms with van der Waals surface area (Å²) in [6.45, 7) is 0. The molecule has 0 bridgehead atoms. The van der Waals surface area contributed by atoms with Gasteiger partial charge in [0.25, 0.3) is 0 Å². The van der Waals surface area contributed by atoms with E-state index in [1.165, 1.54) is 5.56 Å². The van der Waals surface area contributed by atoms with Crippen LogP contribution in [0.15, 0.2) is 60.7 Å². The summed E-state index contributed by atoms with van der Waals surface area (Å²) in [5, 5.41) is 3.26. The Bertz CT molecular complexity index is 479. The SMILES string of the molecule is S=C(CCCc1ccccc1)Nc1ccccc1. The van der Waals surface area contributed by atoms with E-state index in [1.807, 2.05) is 36.4 Å². The molecule has 2 heteroatoms. The first-order valence-electron chi connectivity index (χ1n) is 6.23. The van der Waals surface area contributed by atoms with Crippen LogP contribution in [-0.2, 0) is 6.42 Å². The Morgan fingerprint density at radius 2 is 1.50 bits per heavy atom. The van der Waals surface area contributed by atoms with E-state index in [-0.39, 0.29) is 0 Å². The molecule has 0 fully saturated rings. The summed E-state index contributed by atoms with van der Waals surface area (Å²) < 4.78 is 0. The average Bonchev–Trinajstić information content (AvgIpc) is 2.41. The number of anilines is 1. The largest absolute Gasteiger partial charge is 0.350 e. The van der Waals surface area contributed by atoms with Crippen LogP contribution in [0, 0.1) is 0 Å². The van der Waals surface area contributed by atoms with Gasteiger partial charge in [-0.2, -0.15) is 0 Å². The van der Waals surface area contributed by atoms with E-state index in [0.29, 0.717) is 0 Å². The van der Waals surface area contributed by atoms with Crippen LogP contribution < -0.4 is 5.32 Å². The average molecular weight is 255 g/mol. The molecule has 0 aliphatic heterocycles. The summed E-state index contributed by atoms with van der Waals surface area (Å²) in [7, 11) is 0. The maximum atomic E-state index is 5.34. The molecule has 0 amide bonds. The smallest absolute Gasteiger partial charge is 0.0797 e. The molecule has 0 aromatic heterocycles. The summed E-state index contributed by atoms with van der Waals surface area (Å²) in [5.41, 5.74) is 2.45. The van der Waals surface area contributed by atoms with Gasteiger partial charge in [-0.25, -0.2) is 0 Å². The third-order valence-corrected chi connectivity index (χ3v) is 3.08. The second kappa shape index (κ2) is 6.92. The van der Waals surface area contributed by atoms with Gasteiger partial charge in [-0.15, -0.1) is 0 Å². The topological polar surface area (TPSA) is 12.0 Å². The van der Waals surface area contributed by atoms with Crippen molar-refractivity contribution in [1.82, 2.24) is 0 Å². The molecule has 0 saturated carbocycles. The minimum atomic E-state index is 0.914. The van der Waals surface area contributed by atoms with Crippen molar-refractivity contribution >= 4 is 22.9 Å². The quantitative estimate of drug-likeness (QED) is 0.792. The van der Waals surface area contributed by atoms with Crippen molar-refractivity contribution in [2.45, 2.75) is 19.3 Å². The van der Waals surface area contributed by atoms with Gasteiger partial charge in [0, 0.05) is 5.69 Å². The van der Waals surface area contributed by atoms with Crippen LogP contribution in [-0.4, -0.2) is 4.99 Å². The molecule has 0 unspecified atom stereocenters. The number of para-hydroxylation sites is 1. The lowest BCUT2D eigenvalue weighted by atomic mass is 10.1. The number of nitrogens with one attached hydrogen (secondary N) is 1.